The monoisotopic (exact) mass is 338 g/mol. The van der Waals surface area contributed by atoms with E-state index in [-0.39, 0.29) is 5.41 Å². The van der Waals surface area contributed by atoms with Gasteiger partial charge >= 0.3 is 0 Å². The van der Waals surface area contributed by atoms with Gasteiger partial charge in [0, 0.05) is 16.8 Å². The van der Waals surface area contributed by atoms with Gasteiger partial charge in [-0.1, -0.05) is 43.1 Å². The highest BCUT2D eigenvalue weighted by atomic mass is 79.9. The lowest BCUT2D eigenvalue weighted by molar-refractivity contribution is 0.136. The highest BCUT2D eigenvalue weighted by Crippen LogP contribution is 2.45. The zero-order chi connectivity index (χ0) is 14.0. The molecule has 1 fully saturated rings. The van der Waals surface area contributed by atoms with Gasteiger partial charge < -0.3 is 0 Å². The zero-order valence-electron chi connectivity index (χ0n) is 12.1. The lowest BCUT2D eigenvalue weighted by Gasteiger charge is -2.42. The molecule has 2 nitrogen and oxygen atoms in total. The van der Waals surface area contributed by atoms with Crippen LogP contribution in [0, 0.1) is 17.3 Å². The molecule has 0 aromatic heterocycles. The Hall–Kier alpha value is 0.430. The molecule has 0 aromatic carbocycles. The molecule has 1 rings (SSSR count). The van der Waals surface area contributed by atoms with Crippen LogP contribution in [-0.2, 0) is 9.84 Å². The Kier molecular flexibility index (Phi) is 5.73. The Morgan fingerprint density at radius 2 is 1.89 bits per heavy atom. The number of hydrogen-bond donors (Lipinski definition) is 0. The van der Waals surface area contributed by atoms with E-state index in [0.29, 0.717) is 16.5 Å². The fraction of sp³-hybridized carbons (Fsp3) is 1.00. The van der Waals surface area contributed by atoms with Crippen molar-refractivity contribution in [3.8, 4) is 0 Å². The van der Waals surface area contributed by atoms with E-state index in [4.69, 9.17) is 0 Å². The third-order valence-corrected chi connectivity index (χ3v) is 6.42. The molecule has 3 atom stereocenters. The fourth-order valence-corrected chi connectivity index (χ4v) is 5.45. The van der Waals surface area contributed by atoms with Crippen LogP contribution in [-0.4, -0.2) is 25.3 Å². The molecule has 4 heteroatoms. The van der Waals surface area contributed by atoms with Crippen LogP contribution >= 0.6 is 15.9 Å². The predicted molar refractivity (Wildman–Crippen MR) is 81.9 cm³/mol. The van der Waals surface area contributed by atoms with E-state index in [1.54, 1.807) is 0 Å². The van der Waals surface area contributed by atoms with Gasteiger partial charge in [0.1, 0.15) is 9.84 Å². The van der Waals surface area contributed by atoms with Gasteiger partial charge in [0.25, 0.3) is 0 Å². The summed E-state index contributed by atoms with van der Waals surface area (Å²) in [5.74, 6) is 1.82. The molecule has 0 aliphatic heterocycles. The zero-order valence-corrected chi connectivity index (χ0v) is 14.5. The largest absolute Gasteiger partial charge is 0.229 e. The molecule has 0 aromatic rings. The Balaban J connectivity index is 2.52. The highest BCUT2D eigenvalue weighted by Gasteiger charge is 2.37. The van der Waals surface area contributed by atoms with Crippen LogP contribution in [0.1, 0.15) is 52.9 Å². The SMILES string of the molecule is CC1CCC(C(C)(C)CCCS(C)(=O)=O)C(Br)C1. The molecule has 0 spiro atoms. The second-order valence-electron chi connectivity index (χ2n) is 6.76. The van der Waals surface area contributed by atoms with Crippen LogP contribution < -0.4 is 0 Å². The van der Waals surface area contributed by atoms with Gasteiger partial charge in [-0.05, 0) is 42.9 Å². The minimum atomic E-state index is -2.81. The van der Waals surface area contributed by atoms with Crippen molar-refractivity contribution in [3.05, 3.63) is 0 Å². The van der Waals surface area contributed by atoms with Crippen LogP contribution in [0.3, 0.4) is 0 Å². The minimum absolute atomic E-state index is 0.235. The van der Waals surface area contributed by atoms with Gasteiger partial charge in [0.2, 0.25) is 0 Å². The topological polar surface area (TPSA) is 34.1 Å². The van der Waals surface area contributed by atoms with E-state index in [9.17, 15) is 8.42 Å². The Bertz CT molecular complexity index is 362. The lowest BCUT2D eigenvalue weighted by Crippen LogP contribution is -2.35. The van der Waals surface area contributed by atoms with Gasteiger partial charge in [0.15, 0.2) is 0 Å². The van der Waals surface area contributed by atoms with Crippen molar-refractivity contribution in [2.45, 2.75) is 57.7 Å². The van der Waals surface area contributed by atoms with E-state index in [0.717, 1.165) is 18.8 Å². The normalized spacial score (nSPS) is 30.4. The van der Waals surface area contributed by atoms with E-state index >= 15 is 0 Å². The minimum Gasteiger partial charge on any atom is -0.229 e. The van der Waals surface area contributed by atoms with Crippen LogP contribution in [0.25, 0.3) is 0 Å². The lowest BCUT2D eigenvalue weighted by atomic mass is 9.67. The number of hydrogen-bond acceptors (Lipinski definition) is 2. The summed E-state index contributed by atoms with van der Waals surface area (Å²) in [5, 5.41) is 0. The fourth-order valence-electron chi connectivity index (χ4n) is 3.17. The highest BCUT2D eigenvalue weighted by molar-refractivity contribution is 9.09. The van der Waals surface area contributed by atoms with Gasteiger partial charge in [-0.2, -0.15) is 0 Å². The molecule has 0 bridgehead atoms. The maximum Gasteiger partial charge on any atom is 0.147 e. The van der Waals surface area contributed by atoms with Crippen molar-refractivity contribution in [2.75, 3.05) is 12.0 Å². The summed E-state index contributed by atoms with van der Waals surface area (Å²) in [6.07, 6.45) is 6.94. The molecule has 0 N–H and O–H groups in total. The number of alkyl halides is 1. The maximum atomic E-state index is 11.2. The molecule has 0 heterocycles. The maximum absolute atomic E-state index is 11.2. The van der Waals surface area contributed by atoms with Gasteiger partial charge in [-0.25, -0.2) is 8.42 Å². The van der Waals surface area contributed by atoms with Crippen LogP contribution in [0.5, 0.6) is 0 Å². The van der Waals surface area contributed by atoms with Gasteiger partial charge in [-0.15, -0.1) is 0 Å². The number of rotatable bonds is 5. The molecular formula is C14H27BrO2S. The van der Waals surface area contributed by atoms with Crippen molar-refractivity contribution in [2.24, 2.45) is 17.3 Å². The number of sulfone groups is 1. The summed E-state index contributed by atoms with van der Waals surface area (Å²) in [6, 6.07) is 0. The van der Waals surface area contributed by atoms with Crippen molar-refractivity contribution in [1.82, 2.24) is 0 Å². The molecule has 1 saturated carbocycles. The second kappa shape index (κ2) is 6.25. The molecule has 0 saturated heterocycles. The average Bonchev–Trinajstić information content (AvgIpc) is 2.13. The Morgan fingerprint density at radius 3 is 2.39 bits per heavy atom. The second-order valence-corrected chi connectivity index (χ2v) is 10.2. The summed E-state index contributed by atoms with van der Waals surface area (Å²) in [7, 11) is -2.81. The van der Waals surface area contributed by atoms with Crippen LogP contribution in [0.2, 0.25) is 0 Å². The Labute approximate surface area is 121 Å². The molecule has 0 amide bonds. The van der Waals surface area contributed by atoms with E-state index in [1.807, 2.05) is 0 Å². The molecule has 18 heavy (non-hydrogen) atoms. The summed E-state index contributed by atoms with van der Waals surface area (Å²) >= 11 is 3.84. The first-order valence-electron chi connectivity index (χ1n) is 6.93. The smallest absolute Gasteiger partial charge is 0.147 e. The van der Waals surface area contributed by atoms with Crippen molar-refractivity contribution in [1.29, 1.82) is 0 Å². The van der Waals surface area contributed by atoms with Crippen molar-refractivity contribution < 1.29 is 8.42 Å². The van der Waals surface area contributed by atoms with Gasteiger partial charge in [0.05, 0.1) is 0 Å². The van der Waals surface area contributed by atoms with E-state index < -0.39 is 9.84 Å². The molecule has 108 valence electrons. The summed E-state index contributed by atoms with van der Waals surface area (Å²) < 4.78 is 22.4. The first kappa shape index (κ1) is 16.5. The molecule has 0 radical (unpaired) electrons. The summed E-state index contributed by atoms with van der Waals surface area (Å²) in [6.45, 7) is 6.91. The number of halogens is 1. The third kappa shape index (κ3) is 5.20. The molecule has 1 aliphatic rings. The molecule has 1 aliphatic carbocycles. The van der Waals surface area contributed by atoms with E-state index in [1.165, 1.54) is 25.5 Å². The third-order valence-electron chi connectivity index (χ3n) is 4.37. The van der Waals surface area contributed by atoms with Gasteiger partial charge in [-0.3, -0.25) is 0 Å². The predicted octanol–water partition coefficient (Wildman–Crippen LogP) is 4.04. The summed E-state index contributed by atoms with van der Waals surface area (Å²) in [5.41, 5.74) is 0.235. The molecular weight excluding hydrogens is 312 g/mol. The first-order chi connectivity index (χ1) is 8.12. The first-order valence-corrected chi connectivity index (χ1v) is 9.91. The van der Waals surface area contributed by atoms with Crippen molar-refractivity contribution >= 4 is 25.8 Å². The Morgan fingerprint density at radius 1 is 1.28 bits per heavy atom. The standard InChI is InChI=1S/C14H27BrO2S/c1-11-6-7-12(13(15)10-11)14(2,3)8-5-9-18(4,16)17/h11-13H,5-10H2,1-4H3. The van der Waals surface area contributed by atoms with Crippen molar-refractivity contribution in [3.63, 3.8) is 0 Å². The van der Waals surface area contributed by atoms with Crippen LogP contribution in [0.15, 0.2) is 0 Å². The van der Waals surface area contributed by atoms with E-state index in [2.05, 4.69) is 36.7 Å². The quantitative estimate of drug-likeness (QED) is 0.709. The molecule has 3 unspecified atom stereocenters. The summed E-state index contributed by atoms with van der Waals surface area (Å²) in [4.78, 5) is 0.592. The average molecular weight is 339 g/mol. The van der Waals surface area contributed by atoms with Crippen LogP contribution in [0.4, 0.5) is 0 Å².